The highest BCUT2D eigenvalue weighted by molar-refractivity contribution is 5.93. The van der Waals surface area contributed by atoms with Crippen molar-refractivity contribution in [1.29, 1.82) is 0 Å². The average Bonchev–Trinajstić information content (AvgIpc) is 2.90. The topological polar surface area (TPSA) is 62.4 Å². The molecule has 1 aromatic rings. The molecule has 1 aliphatic heterocycles. The van der Waals surface area contributed by atoms with E-state index in [-0.39, 0.29) is 36.2 Å². The predicted octanol–water partition coefficient (Wildman–Crippen LogP) is 3.07. The monoisotopic (exact) mass is 376 g/mol. The molecule has 1 fully saturated rings. The van der Waals surface area contributed by atoms with Crippen molar-refractivity contribution in [2.75, 3.05) is 20.2 Å². The molecule has 7 heteroatoms. The van der Waals surface area contributed by atoms with Crippen LogP contribution in [0.2, 0.25) is 0 Å². The van der Waals surface area contributed by atoms with Gasteiger partial charge in [-0.05, 0) is 56.6 Å². The summed E-state index contributed by atoms with van der Waals surface area (Å²) in [5.74, 6) is 0.397. The number of carbonyl (C=O) groups excluding carboxylic acids is 1. The van der Waals surface area contributed by atoms with Crippen LogP contribution in [0, 0.1) is 0 Å². The normalized spacial score (nSPS) is 17.3. The first kappa shape index (κ1) is 22.7. The number of nitrogens with zero attached hydrogens (tertiary/aromatic N) is 1. The summed E-state index contributed by atoms with van der Waals surface area (Å²) in [6.07, 6.45) is 8.48. The zero-order valence-corrected chi connectivity index (χ0v) is 15.8. The number of pyridine rings is 1. The summed E-state index contributed by atoms with van der Waals surface area (Å²) < 4.78 is 5.68. The number of nitrogens with one attached hydrogen (secondary N) is 1. The van der Waals surface area contributed by atoms with E-state index in [1.165, 1.54) is 6.42 Å². The fraction of sp³-hybridized carbons (Fsp3) is 0.529. The van der Waals surface area contributed by atoms with Crippen LogP contribution in [0.1, 0.15) is 38.2 Å². The highest BCUT2D eigenvalue weighted by atomic mass is 35.5. The van der Waals surface area contributed by atoms with Crippen molar-refractivity contribution in [3.05, 3.63) is 34.3 Å². The number of hydrogen-bond donors (Lipinski definition) is 1. The number of rotatable bonds is 7. The molecule has 0 saturated carbocycles. The molecular weight excluding hydrogens is 351 g/mol. The van der Waals surface area contributed by atoms with Gasteiger partial charge in [0, 0.05) is 18.7 Å². The van der Waals surface area contributed by atoms with Crippen LogP contribution in [0.25, 0.3) is 6.08 Å². The number of allylic oxidation sites excluding steroid dienone is 1. The van der Waals surface area contributed by atoms with Gasteiger partial charge in [-0.15, -0.1) is 24.8 Å². The van der Waals surface area contributed by atoms with E-state index in [2.05, 4.69) is 16.9 Å². The van der Waals surface area contributed by atoms with E-state index < -0.39 is 0 Å². The van der Waals surface area contributed by atoms with Crippen molar-refractivity contribution in [3.63, 3.8) is 0 Å². The van der Waals surface area contributed by atoms with Crippen molar-refractivity contribution in [3.8, 4) is 5.75 Å². The molecule has 1 atom stereocenters. The van der Waals surface area contributed by atoms with Crippen LogP contribution >= 0.6 is 24.8 Å². The number of H-pyrrole nitrogens is 1. The van der Waals surface area contributed by atoms with Crippen LogP contribution in [-0.4, -0.2) is 41.9 Å². The Bertz CT molecular complexity index is 602. The van der Waals surface area contributed by atoms with Gasteiger partial charge in [0.2, 0.25) is 0 Å². The molecule has 0 aromatic carbocycles. The third-order valence-electron chi connectivity index (χ3n) is 3.95. The third-order valence-corrected chi connectivity index (χ3v) is 3.95. The number of aromatic nitrogens is 1. The second-order valence-corrected chi connectivity index (χ2v) is 5.76. The Morgan fingerprint density at radius 3 is 2.83 bits per heavy atom. The number of halogens is 2. The van der Waals surface area contributed by atoms with Gasteiger partial charge in [-0.3, -0.25) is 9.59 Å². The molecule has 2 rings (SSSR count). The van der Waals surface area contributed by atoms with E-state index in [1.807, 2.05) is 6.92 Å². The van der Waals surface area contributed by atoms with E-state index in [0.717, 1.165) is 24.9 Å². The van der Waals surface area contributed by atoms with Crippen LogP contribution in [0.4, 0.5) is 0 Å². The second kappa shape index (κ2) is 11.3. The van der Waals surface area contributed by atoms with Crippen LogP contribution in [0.3, 0.4) is 0 Å². The van der Waals surface area contributed by atoms with Crippen LogP contribution in [0.5, 0.6) is 5.75 Å². The third kappa shape index (κ3) is 6.67. The lowest BCUT2D eigenvalue weighted by Gasteiger charge is -2.19. The molecule has 2 heterocycles. The van der Waals surface area contributed by atoms with Gasteiger partial charge in [-0.2, -0.15) is 0 Å². The highest BCUT2D eigenvalue weighted by Gasteiger charge is 2.21. The van der Waals surface area contributed by atoms with Gasteiger partial charge in [-0.25, -0.2) is 0 Å². The van der Waals surface area contributed by atoms with E-state index >= 15 is 0 Å². The second-order valence-electron chi connectivity index (χ2n) is 5.76. The minimum absolute atomic E-state index is 0. The standard InChI is InChI=1S/C17H24N2O3.2ClH/c1-3-5-15(20)8-7-13-10-16(17(21)18-11-13)22-12-14-6-4-9-19(14)2;;/h7-8,10-11,14H,3-6,9,12H2,1-2H3,(H,18,21);2*1H/t14-;;/m0../s1. The van der Waals surface area contributed by atoms with E-state index in [0.29, 0.717) is 24.8 Å². The summed E-state index contributed by atoms with van der Waals surface area (Å²) in [7, 11) is 2.07. The molecule has 0 aliphatic carbocycles. The maximum absolute atomic E-state index is 11.8. The maximum Gasteiger partial charge on any atom is 0.290 e. The highest BCUT2D eigenvalue weighted by Crippen LogP contribution is 2.16. The number of ether oxygens (including phenoxy) is 1. The molecule has 1 aliphatic rings. The Morgan fingerprint density at radius 2 is 2.21 bits per heavy atom. The van der Waals surface area contributed by atoms with Crippen molar-refractivity contribution in [2.24, 2.45) is 0 Å². The van der Waals surface area contributed by atoms with Crippen molar-refractivity contribution < 1.29 is 9.53 Å². The molecule has 5 nitrogen and oxygen atoms in total. The van der Waals surface area contributed by atoms with Gasteiger partial charge in [0.25, 0.3) is 5.56 Å². The van der Waals surface area contributed by atoms with E-state index in [4.69, 9.17) is 4.74 Å². The fourth-order valence-corrected chi connectivity index (χ4v) is 2.58. The van der Waals surface area contributed by atoms with Crippen molar-refractivity contribution in [1.82, 2.24) is 9.88 Å². The Balaban J connectivity index is 0.00000264. The summed E-state index contributed by atoms with van der Waals surface area (Å²) >= 11 is 0. The molecule has 1 aromatic heterocycles. The lowest BCUT2D eigenvalue weighted by molar-refractivity contribution is -0.114. The Kier molecular flexibility index (Phi) is 10.7. The number of aromatic amines is 1. The maximum atomic E-state index is 11.8. The Morgan fingerprint density at radius 1 is 1.46 bits per heavy atom. The average molecular weight is 377 g/mol. The molecule has 24 heavy (non-hydrogen) atoms. The van der Waals surface area contributed by atoms with E-state index in [1.54, 1.807) is 24.4 Å². The Hall–Kier alpha value is -1.30. The van der Waals surface area contributed by atoms with Crippen molar-refractivity contribution >= 4 is 36.7 Å². The number of likely N-dealkylation sites (N-methyl/N-ethyl adjacent to an activating group) is 1. The molecule has 0 bridgehead atoms. The van der Waals surface area contributed by atoms with Gasteiger partial charge >= 0.3 is 0 Å². The minimum atomic E-state index is -0.238. The van der Waals surface area contributed by atoms with Crippen molar-refractivity contribution in [2.45, 2.75) is 38.6 Å². The Labute approximate surface area is 155 Å². The molecule has 0 amide bonds. The van der Waals surface area contributed by atoms with Crippen LogP contribution in [-0.2, 0) is 4.79 Å². The summed E-state index contributed by atoms with van der Waals surface area (Å²) in [4.78, 5) is 28.2. The summed E-state index contributed by atoms with van der Waals surface area (Å²) in [5.41, 5.74) is 0.525. The SMILES string of the molecule is CCCC(=O)C=Cc1c[nH]c(=O)c(OC[C@@H]2CCCN2C)c1.Cl.Cl. The summed E-state index contributed by atoms with van der Waals surface area (Å²) in [5, 5.41) is 0. The first-order chi connectivity index (χ1) is 10.6. The molecule has 1 N–H and O–H groups in total. The van der Waals surface area contributed by atoms with Crippen LogP contribution in [0.15, 0.2) is 23.1 Å². The lowest BCUT2D eigenvalue weighted by atomic mass is 10.2. The zero-order chi connectivity index (χ0) is 15.9. The number of hydrogen-bond acceptors (Lipinski definition) is 4. The van der Waals surface area contributed by atoms with E-state index in [9.17, 15) is 9.59 Å². The predicted molar refractivity (Wildman–Crippen MR) is 102 cm³/mol. The molecule has 0 spiro atoms. The molecule has 0 unspecified atom stereocenters. The summed E-state index contributed by atoms with van der Waals surface area (Å²) in [6, 6.07) is 2.05. The van der Waals surface area contributed by atoms with Gasteiger partial charge in [-0.1, -0.05) is 6.92 Å². The van der Waals surface area contributed by atoms with Gasteiger partial charge < -0.3 is 14.6 Å². The molecular formula is C17H26Cl2N2O3. The number of likely N-dealkylation sites (tertiary alicyclic amines) is 1. The smallest absolute Gasteiger partial charge is 0.290 e. The zero-order valence-electron chi connectivity index (χ0n) is 14.1. The first-order valence-corrected chi connectivity index (χ1v) is 7.87. The van der Waals surface area contributed by atoms with Gasteiger partial charge in [0.1, 0.15) is 6.61 Å². The molecule has 1 saturated heterocycles. The van der Waals surface area contributed by atoms with Gasteiger partial charge in [0.05, 0.1) is 0 Å². The molecule has 0 radical (unpaired) electrons. The number of carbonyl (C=O) groups is 1. The quantitative estimate of drug-likeness (QED) is 0.742. The lowest BCUT2D eigenvalue weighted by Crippen LogP contribution is -2.31. The number of ketones is 1. The van der Waals surface area contributed by atoms with Gasteiger partial charge in [0.15, 0.2) is 11.5 Å². The minimum Gasteiger partial charge on any atom is -0.486 e. The fourth-order valence-electron chi connectivity index (χ4n) is 2.58. The van der Waals surface area contributed by atoms with Crippen LogP contribution < -0.4 is 10.3 Å². The molecule has 136 valence electrons. The summed E-state index contributed by atoms with van der Waals surface area (Å²) in [6.45, 7) is 3.56. The largest absolute Gasteiger partial charge is 0.486 e. The first-order valence-electron chi connectivity index (χ1n) is 7.87.